The number of rotatable bonds is 4. The number of carbonyl (C=O) groups excluding carboxylic acids is 1. The minimum absolute atomic E-state index is 0.253. The first-order valence-electron chi connectivity index (χ1n) is 8.48. The molecule has 7 nitrogen and oxygen atoms in total. The van der Waals surface area contributed by atoms with Crippen LogP contribution in [0.1, 0.15) is 34.9 Å². The van der Waals surface area contributed by atoms with Gasteiger partial charge in [0.2, 0.25) is 0 Å². The third-order valence-corrected chi connectivity index (χ3v) is 5.17. The highest BCUT2D eigenvalue weighted by Gasteiger charge is 2.26. The van der Waals surface area contributed by atoms with Gasteiger partial charge in [-0.2, -0.15) is 5.10 Å². The summed E-state index contributed by atoms with van der Waals surface area (Å²) in [6, 6.07) is 7.54. The first-order valence-corrected chi connectivity index (χ1v) is 9.36. The Morgan fingerprint density at radius 3 is 2.88 bits per heavy atom. The second-order valence-corrected chi connectivity index (χ2v) is 7.19. The molecule has 2 aromatic heterocycles. The molecular weight excluding hydrogens is 352 g/mol. The Kier molecular flexibility index (Phi) is 3.63. The highest BCUT2D eigenvalue weighted by molar-refractivity contribution is 7.14. The van der Waals surface area contributed by atoms with Gasteiger partial charge < -0.3 is 9.47 Å². The van der Waals surface area contributed by atoms with Gasteiger partial charge in [-0.1, -0.05) is 0 Å². The molecule has 0 atom stereocenters. The van der Waals surface area contributed by atoms with Crippen LogP contribution in [0.3, 0.4) is 0 Å². The topological polar surface area (TPSA) is 89.1 Å². The Bertz CT molecular complexity index is 976. The lowest BCUT2D eigenvalue weighted by Crippen LogP contribution is -2.15. The predicted octanol–water partition coefficient (Wildman–Crippen LogP) is 3.43. The Labute approximate surface area is 153 Å². The molecule has 1 aromatic carbocycles. The average Bonchev–Trinajstić information content (AvgIpc) is 3.21. The number of fused-ring (bicyclic) bond motifs is 1. The largest absolute Gasteiger partial charge is 0.486 e. The molecular formula is C18H16N4O3S. The summed E-state index contributed by atoms with van der Waals surface area (Å²) in [5, 5.41) is 12.3. The summed E-state index contributed by atoms with van der Waals surface area (Å²) in [6.07, 6.45) is 2.32. The SMILES string of the molecule is O=C(Nc1nc(-c2ccc3c(c2)OCCO3)cs1)c1cc(C2CC2)[nH]n1. The Hall–Kier alpha value is -2.87. The zero-order chi connectivity index (χ0) is 17.5. The van der Waals surface area contributed by atoms with Crippen molar-refractivity contribution >= 4 is 22.4 Å². The summed E-state index contributed by atoms with van der Waals surface area (Å²) in [7, 11) is 0. The summed E-state index contributed by atoms with van der Waals surface area (Å²) in [6.45, 7) is 1.11. The van der Waals surface area contributed by atoms with Crippen molar-refractivity contribution in [3.8, 4) is 22.8 Å². The van der Waals surface area contributed by atoms with Crippen LogP contribution in [-0.2, 0) is 0 Å². The van der Waals surface area contributed by atoms with Crippen molar-refractivity contribution < 1.29 is 14.3 Å². The number of nitrogens with zero attached hydrogens (tertiary/aromatic N) is 2. The molecule has 1 fully saturated rings. The number of carbonyl (C=O) groups is 1. The molecule has 1 aliphatic carbocycles. The molecule has 2 aliphatic rings. The molecule has 0 spiro atoms. The fourth-order valence-electron chi connectivity index (χ4n) is 2.88. The van der Waals surface area contributed by atoms with Gasteiger partial charge in [-0.05, 0) is 37.1 Å². The average molecular weight is 368 g/mol. The lowest BCUT2D eigenvalue weighted by atomic mass is 10.1. The number of benzene rings is 1. The number of aromatic nitrogens is 3. The van der Waals surface area contributed by atoms with Crippen LogP contribution in [0.4, 0.5) is 5.13 Å². The van der Waals surface area contributed by atoms with Gasteiger partial charge in [-0.15, -0.1) is 11.3 Å². The summed E-state index contributed by atoms with van der Waals surface area (Å²) in [5.41, 5.74) is 3.12. The van der Waals surface area contributed by atoms with Crippen molar-refractivity contribution in [3.05, 3.63) is 41.0 Å². The van der Waals surface area contributed by atoms with Crippen molar-refractivity contribution in [2.75, 3.05) is 18.5 Å². The van der Waals surface area contributed by atoms with Crippen molar-refractivity contribution in [1.82, 2.24) is 15.2 Å². The number of hydrogen-bond acceptors (Lipinski definition) is 6. The fraction of sp³-hybridized carbons (Fsp3) is 0.278. The summed E-state index contributed by atoms with van der Waals surface area (Å²) in [5.74, 6) is 1.74. The number of hydrogen-bond donors (Lipinski definition) is 2. The van der Waals surface area contributed by atoms with Crippen molar-refractivity contribution in [2.45, 2.75) is 18.8 Å². The summed E-state index contributed by atoms with van der Waals surface area (Å²) in [4.78, 5) is 16.8. The van der Waals surface area contributed by atoms with Gasteiger partial charge in [0.25, 0.3) is 5.91 Å². The fourth-order valence-corrected chi connectivity index (χ4v) is 3.60. The number of amides is 1. The monoisotopic (exact) mass is 368 g/mol. The number of H-pyrrole nitrogens is 1. The zero-order valence-electron chi connectivity index (χ0n) is 13.8. The van der Waals surface area contributed by atoms with E-state index in [2.05, 4.69) is 20.5 Å². The first kappa shape index (κ1) is 15.4. The van der Waals surface area contributed by atoms with E-state index in [1.54, 1.807) is 0 Å². The van der Waals surface area contributed by atoms with Crippen LogP contribution in [0, 0.1) is 0 Å². The molecule has 0 bridgehead atoms. The minimum Gasteiger partial charge on any atom is -0.486 e. The van der Waals surface area contributed by atoms with Gasteiger partial charge >= 0.3 is 0 Å². The van der Waals surface area contributed by atoms with E-state index < -0.39 is 0 Å². The van der Waals surface area contributed by atoms with Gasteiger partial charge in [0, 0.05) is 22.6 Å². The predicted molar refractivity (Wildman–Crippen MR) is 97.1 cm³/mol. The molecule has 0 unspecified atom stereocenters. The van der Waals surface area contributed by atoms with Crippen LogP contribution in [0.5, 0.6) is 11.5 Å². The van der Waals surface area contributed by atoms with Crippen LogP contribution >= 0.6 is 11.3 Å². The maximum absolute atomic E-state index is 12.3. The Morgan fingerprint density at radius 1 is 1.19 bits per heavy atom. The Balaban J connectivity index is 1.32. The second kappa shape index (κ2) is 6.14. The van der Waals surface area contributed by atoms with Gasteiger partial charge in [0.1, 0.15) is 13.2 Å². The van der Waals surface area contributed by atoms with E-state index in [4.69, 9.17) is 9.47 Å². The maximum Gasteiger partial charge on any atom is 0.277 e. The molecule has 5 rings (SSSR count). The molecule has 1 saturated carbocycles. The van der Waals surface area contributed by atoms with Crippen LogP contribution in [0.25, 0.3) is 11.3 Å². The van der Waals surface area contributed by atoms with Crippen LogP contribution in [0.15, 0.2) is 29.6 Å². The molecule has 26 heavy (non-hydrogen) atoms. The number of ether oxygens (including phenoxy) is 2. The molecule has 0 saturated heterocycles. The minimum atomic E-state index is -0.253. The van der Waals surface area contributed by atoms with Crippen LogP contribution in [0.2, 0.25) is 0 Å². The van der Waals surface area contributed by atoms with Gasteiger partial charge in [0.05, 0.1) is 5.69 Å². The lowest BCUT2D eigenvalue weighted by Gasteiger charge is -2.18. The molecule has 1 aliphatic heterocycles. The van der Waals surface area contributed by atoms with E-state index in [1.165, 1.54) is 11.3 Å². The number of thiazole rings is 1. The lowest BCUT2D eigenvalue weighted by molar-refractivity contribution is 0.102. The molecule has 2 N–H and O–H groups in total. The highest BCUT2D eigenvalue weighted by atomic mass is 32.1. The summed E-state index contributed by atoms with van der Waals surface area (Å²) >= 11 is 1.38. The molecule has 3 heterocycles. The molecule has 3 aromatic rings. The number of nitrogens with one attached hydrogen (secondary N) is 2. The second-order valence-electron chi connectivity index (χ2n) is 6.33. The highest BCUT2D eigenvalue weighted by Crippen LogP contribution is 2.39. The molecule has 132 valence electrons. The van der Waals surface area contributed by atoms with Crippen LogP contribution in [-0.4, -0.2) is 34.3 Å². The summed E-state index contributed by atoms with van der Waals surface area (Å²) < 4.78 is 11.1. The third kappa shape index (κ3) is 2.92. The van der Waals surface area contributed by atoms with E-state index in [-0.39, 0.29) is 5.91 Å². The van der Waals surface area contributed by atoms with Crippen molar-refractivity contribution in [1.29, 1.82) is 0 Å². The van der Waals surface area contributed by atoms with E-state index in [1.807, 2.05) is 29.6 Å². The van der Waals surface area contributed by atoms with Gasteiger partial charge in [-0.3, -0.25) is 15.2 Å². The van der Waals surface area contributed by atoms with E-state index in [9.17, 15) is 4.79 Å². The normalized spacial score (nSPS) is 15.7. The standard InChI is InChI=1S/C18H16N4O3S/c23-17(13-8-12(21-22-13)10-1-2-10)20-18-19-14(9-26-18)11-3-4-15-16(7-11)25-6-5-24-15/h3-4,7-10H,1-2,5-6H2,(H,21,22)(H,19,20,23). The van der Waals surface area contributed by atoms with Gasteiger partial charge in [0.15, 0.2) is 22.3 Å². The van der Waals surface area contributed by atoms with E-state index in [0.717, 1.165) is 41.3 Å². The van der Waals surface area contributed by atoms with E-state index in [0.29, 0.717) is 30.0 Å². The van der Waals surface area contributed by atoms with Gasteiger partial charge in [-0.25, -0.2) is 4.98 Å². The number of anilines is 1. The van der Waals surface area contributed by atoms with E-state index >= 15 is 0 Å². The van der Waals surface area contributed by atoms with Crippen LogP contribution < -0.4 is 14.8 Å². The van der Waals surface area contributed by atoms with Crippen molar-refractivity contribution in [2.24, 2.45) is 0 Å². The smallest absolute Gasteiger partial charge is 0.277 e. The zero-order valence-corrected chi connectivity index (χ0v) is 14.6. The maximum atomic E-state index is 12.3. The molecule has 8 heteroatoms. The van der Waals surface area contributed by atoms with Crippen molar-refractivity contribution in [3.63, 3.8) is 0 Å². The molecule has 0 radical (unpaired) electrons. The molecule has 1 amide bonds. The third-order valence-electron chi connectivity index (χ3n) is 4.41. The first-order chi connectivity index (χ1) is 12.8. The Morgan fingerprint density at radius 2 is 2.04 bits per heavy atom. The number of aromatic amines is 1. The quantitative estimate of drug-likeness (QED) is 0.736.